The Hall–Kier alpha value is -5.88. The average molecular weight is 824 g/mol. The van der Waals surface area contributed by atoms with Crippen LogP contribution in [0, 0.1) is 11.8 Å². The Morgan fingerprint density at radius 1 is 0.750 bits per heavy atom. The molecule has 2 aliphatic rings. The molecule has 0 bridgehead atoms. The number of nitrogens with one attached hydrogen (secondary N) is 3. The van der Waals surface area contributed by atoms with Gasteiger partial charge in [-0.3, -0.25) is 19.0 Å². The molecule has 2 aliphatic carbocycles. The van der Waals surface area contributed by atoms with Gasteiger partial charge in [0.1, 0.15) is 24.4 Å². The fourth-order valence-electron chi connectivity index (χ4n) is 7.93. The topological polar surface area (TPSA) is 206 Å². The van der Waals surface area contributed by atoms with E-state index in [-0.39, 0.29) is 37.2 Å². The predicted octanol–water partition coefficient (Wildman–Crippen LogP) is 5.59. The molecule has 6 aromatic rings. The van der Waals surface area contributed by atoms with Crippen molar-refractivity contribution in [1.82, 2.24) is 53.9 Å². The zero-order valence-corrected chi connectivity index (χ0v) is 34.9. The van der Waals surface area contributed by atoms with Crippen molar-refractivity contribution in [3.63, 3.8) is 0 Å². The summed E-state index contributed by atoms with van der Waals surface area (Å²) in [6, 6.07) is 4.75. The molecular formula is C42H57N13O5. The maximum absolute atomic E-state index is 11.8. The molecule has 2 fully saturated rings. The van der Waals surface area contributed by atoms with Crippen molar-refractivity contribution in [3.05, 3.63) is 61.7 Å². The van der Waals surface area contributed by atoms with Gasteiger partial charge in [0, 0.05) is 67.1 Å². The maximum Gasteiger partial charge on any atom is 0.328 e. The molecule has 2 saturated carbocycles. The van der Waals surface area contributed by atoms with Crippen LogP contribution in [-0.2, 0) is 45.2 Å². The number of aliphatic hydroxyl groups excluding tert-OH is 1. The quantitative estimate of drug-likeness (QED) is 0.0933. The van der Waals surface area contributed by atoms with Gasteiger partial charge in [-0.1, -0.05) is 0 Å². The molecule has 0 amide bonds. The molecule has 6 heterocycles. The standard InChI is InChI=1S/C21H29N7O2.C21H28N6O3/c1-3-30-19(29)14-28-13-18(11-24-28)25-21-23-10-16-8-9-27(20(16)26-21)12-15-4-6-17(22-2)7-5-15;1-14(2)30-19(29)13-27-12-17(10-23-27)24-21-22-9-16-7-8-26(20(16)25-21)11-15-3-5-18(28)6-4-15/h8-11,13,15,17,22H,3-7,12,14H2,1-2H3,(H,23,25,26);7-10,12,14-15,18,28H,3-6,11,13H2,1-2H3,(H,22,24,25). The first-order chi connectivity index (χ1) is 29.1. The maximum atomic E-state index is 11.8. The van der Waals surface area contributed by atoms with Crippen molar-refractivity contribution in [1.29, 1.82) is 0 Å². The van der Waals surface area contributed by atoms with Crippen LogP contribution in [0.1, 0.15) is 72.1 Å². The summed E-state index contributed by atoms with van der Waals surface area (Å²) >= 11 is 0. The summed E-state index contributed by atoms with van der Waals surface area (Å²) in [7, 11) is 2.05. The van der Waals surface area contributed by atoms with Crippen molar-refractivity contribution >= 4 is 57.3 Å². The normalized spacial score (nSPS) is 19.2. The van der Waals surface area contributed by atoms with Gasteiger partial charge < -0.3 is 39.7 Å². The lowest BCUT2D eigenvalue weighted by atomic mass is 9.86. The van der Waals surface area contributed by atoms with Crippen LogP contribution < -0.4 is 16.0 Å². The Morgan fingerprint density at radius 3 is 1.73 bits per heavy atom. The molecule has 6 aromatic heterocycles. The average Bonchev–Trinajstić information content (AvgIpc) is 4.04. The molecule has 0 unspecified atom stereocenters. The molecule has 320 valence electrons. The zero-order valence-electron chi connectivity index (χ0n) is 34.9. The van der Waals surface area contributed by atoms with Gasteiger partial charge in [0.15, 0.2) is 0 Å². The molecule has 18 nitrogen and oxygen atoms in total. The molecule has 18 heteroatoms. The highest BCUT2D eigenvalue weighted by Gasteiger charge is 2.22. The molecule has 0 saturated heterocycles. The van der Waals surface area contributed by atoms with Crippen LogP contribution in [0.5, 0.6) is 0 Å². The number of ether oxygens (including phenoxy) is 2. The number of esters is 2. The number of aromatic nitrogens is 10. The molecule has 0 aromatic carbocycles. The zero-order chi connectivity index (χ0) is 42.0. The fraction of sp³-hybridized carbons (Fsp3) is 0.524. The van der Waals surface area contributed by atoms with Gasteiger partial charge in [-0.2, -0.15) is 20.2 Å². The van der Waals surface area contributed by atoms with Crippen LogP contribution in [0.25, 0.3) is 22.1 Å². The van der Waals surface area contributed by atoms with E-state index in [4.69, 9.17) is 14.5 Å². The second-order valence-corrected chi connectivity index (χ2v) is 16.0. The van der Waals surface area contributed by atoms with Gasteiger partial charge in [0.05, 0.1) is 42.6 Å². The van der Waals surface area contributed by atoms with Crippen LogP contribution in [0.4, 0.5) is 23.3 Å². The minimum Gasteiger partial charge on any atom is -0.465 e. The summed E-state index contributed by atoms with van der Waals surface area (Å²) in [5, 5.41) is 29.8. The third-order valence-corrected chi connectivity index (χ3v) is 11.0. The van der Waals surface area contributed by atoms with E-state index < -0.39 is 0 Å². The SMILES string of the molecule is CC(C)OC(=O)Cn1cc(Nc2ncc3ccn(CC4CCC(O)CC4)c3n2)cn1.CCOC(=O)Cn1cc(Nc2ncc3ccn(CC4CCC(NC)CC4)c3n2)cn1. The number of rotatable bonds is 15. The minimum atomic E-state index is -0.328. The lowest BCUT2D eigenvalue weighted by Gasteiger charge is -2.28. The second kappa shape index (κ2) is 19.9. The Morgan fingerprint density at radius 2 is 1.25 bits per heavy atom. The van der Waals surface area contributed by atoms with Gasteiger partial charge in [0.25, 0.3) is 0 Å². The van der Waals surface area contributed by atoms with E-state index in [2.05, 4.69) is 69.5 Å². The van der Waals surface area contributed by atoms with Crippen LogP contribution in [-0.4, -0.2) is 97.6 Å². The van der Waals surface area contributed by atoms with Gasteiger partial charge in [-0.25, -0.2) is 9.97 Å². The van der Waals surface area contributed by atoms with Gasteiger partial charge in [-0.05, 0) is 103 Å². The summed E-state index contributed by atoms with van der Waals surface area (Å²) in [5.74, 6) is 1.58. The summed E-state index contributed by atoms with van der Waals surface area (Å²) in [6.45, 7) is 7.77. The van der Waals surface area contributed by atoms with Crippen LogP contribution in [0.3, 0.4) is 0 Å². The summed E-state index contributed by atoms with van der Waals surface area (Å²) < 4.78 is 17.5. The Balaban J connectivity index is 0.000000181. The number of carbonyl (C=O) groups is 2. The van der Waals surface area contributed by atoms with E-state index >= 15 is 0 Å². The Labute approximate surface area is 349 Å². The Bertz CT molecular complexity index is 2310. The highest BCUT2D eigenvalue weighted by molar-refractivity contribution is 5.77. The molecule has 0 radical (unpaired) electrons. The van der Waals surface area contributed by atoms with Crippen molar-refractivity contribution in [3.8, 4) is 0 Å². The summed E-state index contributed by atoms with van der Waals surface area (Å²) in [5.41, 5.74) is 3.24. The highest BCUT2D eigenvalue weighted by Crippen LogP contribution is 2.29. The van der Waals surface area contributed by atoms with E-state index in [1.807, 2.05) is 32.3 Å². The summed E-state index contributed by atoms with van der Waals surface area (Å²) in [6.07, 6.45) is 23.0. The van der Waals surface area contributed by atoms with Gasteiger partial charge in [0.2, 0.25) is 11.9 Å². The monoisotopic (exact) mass is 823 g/mol. The highest BCUT2D eigenvalue weighted by atomic mass is 16.5. The first kappa shape index (κ1) is 42.3. The van der Waals surface area contributed by atoms with Gasteiger partial charge >= 0.3 is 11.9 Å². The van der Waals surface area contributed by atoms with E-state index in [0.29, 0.717) is 42.1 Å². The number of nitrogens with zero attached hydrogens (tertiary/aromatic N) is 10. The molecule has 4 N–H and O–H groups in total. The minimum absolute atomic E-state index is 0.0543. The number of anilines is 4. The van der Waals surface area contributed by atoms with Crippen molar-refractivity contribution in [2.45, 2.75) is 117 Å². The lowest BCUT2D eigenvalue weighted by Crippen LogP contribution is -2.31. The second-order valence-electron chi connectivity index (χ2n) is 16.0. The predicted molar refractivity (Wildman–Crippen MR) is 227 cm³/mol. The van der Waals surface area contributed by atoms with Gasteiger partial charge in [-0.15, -0.1) is 0 Å². The number of hydrogen-bond donors (Lipinski definition) is 4. The molecule has 0 atom stereocenters. The van der Waals surface area contributed by atoms with E-state index in [1.54, 1.807) is 37.9 Å². The number of aliphatic hydroxyl groups is 1. The van der Waals surface area contributed by atoms with Crippen molar-refractivity contribution in [2.24, 2.45) is 11.8 Å². The molecule has 60 heavy (non-hydrogen) atoms. The van der Waals surface area contributed by atoms with Crippen LogP contribution >= 0.6 is 0 Å². The third-order valence-electron chi connectivity index (χ3n) is 11.0. The molecule has 8 rings (SSSR count). The largest absolute Gasteiger partial charge is 0.465 e. The van der Waals surface area contributed by atoms with E-state index in [9.17, 15) is 14.7 Å². The van der Waals surface area contributed by atoms with Crippen LogP contribution in [0.15, 0.2) is 61.7 Å². The summed E-state index contributed by atoms with van der Waals surface area (Å²) in [4.78, 5) is 41.6. The van der Waals surface area contributed by atoms with Crippen LogP contribution in [0.2, 0.25) is 0 Å². The van der Waals surface area contributed by atoms with E-state index in [0.717, 1.165) is 66.5 Å². The van der Waals surface area contributed by atoms with Crippen molar-refractivity contribution < 1.29 is 24.2 Å². The smallest absolute Gasteiger partial charge is 0.328 e. The first-order valence-electron chi connectivity index (χ1n) is 21.0. The van der Waals surface area contributed by atoms with E-state index in [1.165, 1.54) is 35.0 Å². The molecule has 0 aliphatic heterocycles. The number of hydrogen-bond acceptors (Lipinski definition) is 14. The lowest BCUT2D eigenvalue weighted by molar-refractivity contribution is -0.148. The molecule has 0 spiro atoms. The number of carbonyl (C=O) groups excluding carboxylic acids is 2. The fourth-order valence-corrected chi connectivity index (χ4v) is 7.93. The Kier molecular flexibility index (Phi) is 14.0. The number of fused-ring (bicyclic) bond motifs is 2. The van der Waals surface area contributed by atoms with Crippen molar-refractivity contribution in [2.75, 3.05) is 24.3 Å². The third kappa shape index (κ3) is 11.4. The first-order valence-corrected chi connectivity index (χ1v) is 21.0. The molecular weight excluding hydrogens is 767 g/mol.